The van der Waals surface area contributed by atoms with Crippen LogP contribution in [0.2, 0.25) is 0 Å². The van der Waals surface area contributed by atoms with Crippen molar-refractivity contribution in [2.24, 2.45) is 27.1 Å². The van der Waals surface area contributed by atoms with Crippen molar-refractivity contribution >= 4 is 11.5 Å². The summed E-state index contributed by atoms with van der Waals surface area (Å²) in [6, 6.07) is 0. The maximum absolute atomic E-state index is 6.58. The molecular weight excluding hydrogens is 156 g/mol. The van der Waals surface area contributed by atoms with Gasteiger partial charge in [-0.25, -0.2) is 5.84 Å². The van der Waals surface area contributed by atoms with Crippen LogP contribution in [-0.2, 0) is 0 Å². The highest BCUT2D eigenvalue weighted by molar-refractivity contribution is 6.41. The highest BCUT2D eigenvalue weighted by Crippen LogP contribution is 1.98. The molecule has 0 spiro atoms. The predicted molar refractivity (Wildman–Crippen MR) is 48.1 cm³/mol. The zero-order valence-electron chi connectivity index (χ0n) is 7.50. The zero-order chi connectivity index (χ0) is 9.56. The Morgan fingerprint density at radius 1 is 1.50 bits per heavy atom. The molecule has 0 aliphatic heterocycles. The zero-order valence-corrected chi connectivity index (χ0v) is 7.50. The molecule has 0 aromatic carbocycles. The Morgan fingerprint density at radius 2 is 2.08 bits per heavy atom. The lowest BCUT2D eigenvalue weighted by Gasteiger charge is -2.09. The van der Waals surface area contributed by atoms with Gasteiger partial charge in [0.1, 0.15) is 5.71 Å². The standard InChI is InChI=1S/C6H14N6/c1-4(2)5(11-12-8)6(9-3)10-7/h4,8H,7H2,1-3H3,(H,9,10)/b11-5-,12-8?. The van der Waals surface area contributed by atoms with Crippen LogP contribution in [0.3, 0.4) is 0 Å². The van der Waals surface area contributed by atoms with E-state index in [0.717, 1.165) is 0 Å². The lowest BCUT2D eigenvalue weighted by atomic mass is 10.1. The Labute approximate surface area is 71.4 Å². The van der Waals surface area contributed by atoms with Gasteiger partial charge in [-0.15, -0.1) is 5.10 Å². The molecular formula is C6H14N6. The van der Waals surface area contributed by atoms with Gasteiger partial charge >= 0.3 is 0 Å². The number of nitrogens with two attached hydrogens (primary N) is 1. The van der Waals surface area contributed by atoms with E-state index in [9.17, 15) is 0 Å². The second-order valence-corrected chi connectivity index (χ2v) is 2.46. The van der Waals surface area contributed by atoms with Gasteiger partial charge in [0, 0.05) is 13.0 Å². The molecule has 0 aromatic heterocycles. The summed E-state index contributed by atoms with van der Waals surface area (Å²) in [5.74, 6) is 5.78. The van der Waals surface area contributed by atoms with Gasteiger partial charge in [-0.2, -0.15) is 5.53 Å². The van der Waals surface area contributed by atoms with Crippen LogP contribution >= 0.6 is 0 Å². The van der Waals surface area contributed by atoms with E-state index in [-0.39, 0.29) is 5.92 Å². The summed E-state index contributed by atoms with van der Waals surface area (Å²) >= 11 is 0. The average Bonchev–Trinajstić information content (AvgIpc) is 2.05. The van der Waals surface area contributed by atoms with Gasteiger partial charge in [-0.3, -0.25) is 4.99 Å². The molecule has 0 saturated carbocycles. The Kier molecular flexibility index (Phi) is 4.78. The van der Waals surface area contributed by atoms with Gasteiger partial charge < -0.3 is 5.43 Å². The second-order valence-electron chi connectivity index (χ2n) is 2.46. The summed E-state index contributed by atoms with van der Waals surface area (Å²) in [5.41, 5.74) is 9.56. The molecule has 0 radical (unpaired) electrons. The molecule has 0 fully saturated rings. The van der Waals surface area contributed by atoms with E-state index < -0.39 is 0 Å². The number of hydrogen-bond acceptors (Lipinski definition) is 4. The second kappa shape index (κ2) is 5.36. The molecule has 6 heteroatoms. The first kappa shape index (κ1) is 10.7. The SMILES string of the molecule is CN=C(NN)/C(=N\N=N)C(C)C. The summed E-state index contributed by atoms with van der Waals surface area (Å²) < 4.78 is 0. The summed E-state index contributed by atoms with van der Waals surface area (Å²) in [7, 11) is 1.59. The number of rotatable bonds is 3. The fraction of sp³-hybridized carbons (Fsp3) is 0.667. The number of hydrazine groups is 1. The van der Waals surface area contributed by atoms with Crippen LogP contribution in [0, 0.1) is 11.4 Å². The average molecular weight is 170 g/mol. The lowest BCUT2D eigenvalue weighted by Crippen LogP contribution is -2.38. The van der Waals surface area contributed by atoms with Gasteiger partial charge in [0.15, 0.2) is 5.84 Å². The Balaban J connectivity index is 4.73. The summed E-state index contributed by atoms with van der Waals surface area (Å²) in [4.78, 5) is 3.85. The van der Waals surface area contributed by atoms with Crippen molar-refractivity contribution in [3.05, 3.63) is 0 Å². The van der Waals surface area contributed by atoms with Crippen molar-refractivity contribution < 1.29 is 0 Å². The van der Waals surface area contributed by atoms with E-state index in [0.29, 0.717) is 11.5 Å². The maximum Gasteiger partial charge on any atom is 0.159 e. The van der Waals surface area contributed by atoms with E-state index in [1.807, 2.05) is 13.8 Å². The van der Waals surface area contributed by atoms with E-state index >= 15 is 0 Å². The third-order valence-corrected chi connectivity index (χ3v) is 1.31. The van der Waals surface area contributed by atoms with Crippen molar-refractivity contribution in [2.45, 2.75) is 13.8 Å². The molecule has 0 unspecified atom stereocenters. The summed E-state index contributed by atoms with van der Waals surface area (Å²) in [6.07, 6.45) is 0. The van der Waals surface area contributed by atoms with Crippen LogP contribution in [0.15, 0.2) is 15.3 Å². The van der Waals surface area contributed by atoms with Crippen molar-refractivity contribution in [2.75, 3.05) is 7.05 Å². The number of hydrogen-bond donors (Lipinski definition) is 3. The number of nitrogens with zero attached hydrogens (tertiary/aromatic N) is 3. The lowest BCUT2D eigenvalue weighted by molar-refractivity contribution is 0.859. The van der Waals surface area contributed by atoms with Crippen molar-refractivity contribution in [1.82, 2.24) is 5.43 Å². The van der Waals surface area contributed by atoms with Crippen LogP contribution in [0.1, 0.15) is 13.8 Å². The van der Waals surface area contributed by atoms with E-state index in [1.54, 1.807) is 7.05 Å². The van der Waals surface area contributed by atoms with Crippen molar-refractivity contribution in [3.63, 3.8) is 0 Å². The molecule has 0 saturated heterocycles. The molecule has 0 rings (SSSR count). The highest BCUT2D eigenvalue weighted by atomic mass is 15.3. The van der Waals surface area contributed by atoms with E-state index in [4.69, 9.17) is 11.4 Å². The van der Waals surface area contributed by atoms with Crippen LogP contribution < -0.4 is 11.3 Å². The molecule has 0 aliphatic rings. The van der Waals surface area contributed by atoms with Gasteiger partial charge in [0.05, 0.1) is 0 Å². The first-order valence-electron chi connectivity index (χ1n) is 3.55. The smallest absolute Gasteiger partial charge is 0.159 e. The van der Waals surface area contributed by atoms with Crippen molar-refractivity contribution in [3.8, 4) is 0 Å². The molecule has 0 bridgehead atoms. The van der Waals surface area contributed by atoms with Crippen molar-refractivity contribution in [1.29, 1.82) is 5.53 Å². The molecule has 68 valence electrons. The third-order valence-electron chi connectivity index (χ3n) is 1.31. The van der Waals surface area contributed by atoms with Crippen LogP contribution in [-0.4, -0.2) is 18.6 Å². The van der Waals surface area contributed by atoms with Gasteiger partial charge in [0.25, 0.3) is 0 Å². The Bertz CT molecular complexity index is 204. The molecule has 0 amide bonds. The highest BCUT2D eigenvalue weighted by Gasteiger charge is 2.11. The minimum absolute atomic E-state index is 0.133. The minimum atomic E-state index is 0.133. The van der Waals surface area contributed by atoms with Gasteiger partial charge in [0.2, 0.25) is 0 Å². The maximum atomic E-state index is 6.58. The minimum Gasteiger partial charge on any atom is -0.307 e. The van der Waals surface area contributed by atoms with Crippen LogP contribution in [0.25, 0.3) is 0 Å². The number of nitrogens with one attached hydrogen (secondary N) is 2. The Hall–Kier alpha value is -1.30. The quantitative estimate of drug-likeness (QED) is 0.189. The predicted octanol–water partition coefficient (Wildman–Crippen LogP) is 0.521. The van der Waals surface area contributed by atoms with Gasteiger partial charge in [-0.1, -0.05) is 19.1 Å². The van der Waals surface area contributed by atoms with Gasteiger partial charge in [-0.05, 0) is 0 Å². The molecule has 0 aliphatic carbocycles. The molecule has 4 N–H and O–H groups in total. The number of aliphatic imine (C=N–C) groups is 1. The third kappa shape index (κ3) is 2.75. The van der Waals surface area contributed by atoms with E-state index in [2.05, 4.69) is 20.7 Å². The topological polar surface area (TPSA) is 99.0 Å². The molecule has 12 heavy (non-hydrogen) atoms. The van der Waals surface area contributed by atoms with Crippen LogP contribution in [0.5, 0.6) is 0 Å². The Morgan fingerprint density at radius 3 is 2.33 bits per heavy atom. The number of amidine groups is 1. The normalized spacial score (nSPS) is 13.4. The molecule has 6 nitrogen and oxygen atoms in total. The monoisotopic (exact) mass is 170 g/mol. The fourth-order valence-electron chi connectivity index (χ4n) is 0.743. The van der Waals surface area contributed by atoms with Crippen LogP contribution in [0.4, 0.5) is 0 Å². The fourth-order valence-corrected chi connectivity index (χ4v) is 0.743. The first-order chi connectivity index (χ1) is 5.67. The molecule has 0 atom stereocenters. The van der Waals surface area contributed by atoms with E-state index in [1.165, 1.54) is 0 Å². The molecule has 0 heterocycles. The molecule has 0 aromatic rings. The first-order valence-corrected chi connectivity index (χ1v) is 3.55. The summed E-state index contributed by atoms with van der Waals surface area (Å²) in [6.45, 7) is 3.85. The largest absolute Gasteiger partial charge is 0.307 e. The summed E-state index contributed by atoms with van der Waals surface area (Å²) in [5, 5.41) is 6.54.